The Bertz CT molecular complexity index is 674. The molecule has 0 aromatic rings. The molecule has 5 aliphatic rings. The maximum absolute atomic E-state index is 2.81. The summed E-state index contributed by atoms with van der Waals surface area (Å²) in [7, 11) is 0. The molecule has 0 nitrogen and oxygen atoms in total. The van der Waals surface area contributed by atoms with Crippen molar-refractivity contribution in [2.75, 3.05) is 0 Å². The van der Waals surface area contributed by atoms with E-state index in [0.29, 0.717) is 16.2 Å². The largest absolute Gasteiger partial charge is 0.0628 e. The average molecular weight is 413 g/mol. The summed E-state index contributed by atoms with van der Waals surface area (Å²) in [4.78, 5) is 0. The molecule has 0 aliphatic heterocycles. The van der Waals surface area contributed by atoms with Crippen molar-refractivity contribution >= 4 is 0 Å². The Hall–Kier alpha value is 0. The van der Waals surface area contributed by atoms with Gasteiger partial charge >= 0.3 is 0 Å². The molecule has 0 heteroatoms. The van der Waals surface area contributed by atoms with E-state index in [4.69, 9.17) is 0 Å². The van der Waals surface area contributed by atoms with Crippen molar-refractivity contribution in [3.8, 4) is 0 Å². The first-order valence-corrected chi connectivity index (χ1v) is 14.0. The van der Waals surface area contributed by atoms with Crippen molar-refractivity contribution in [2.45, 2.75) is 132 Å². The topological polar surface area (TPSA) is 0 Å². The van der Waals surface area contributed by atoms with E-state index < -0.39 is 0 Å². The van der Waals surface area contributed by atoms with Gasteiger partial charge in [-0.2, -0.15) is 0 Å². The summed E-state index contributed by atoms with van der Waals surface area (Å²) >= 11 is 0. The van der Waals surface area contributed by atoms with E-state index in [9.17, 15) is 0 Å². The number of hydrogen-bond acceptors (Lipinski definition) is 0. The highest BCUT2D eigenvalue weighted by Gasteiger charge is 2.81. The lowest BCUT2D eigenvalue weighted by Gasteiger charge is -2.63. The third-order valence-electron chi connectivity index (χ3n) is 13.0. The molecular formula is C30H52. The van der Waals surface area contributed by atoms with Gasteiger partial charge in [-0.1, -0.05) is 74.1 Å². The molecule has 2 unspecified atom stereocenters. The summed E-state index contributed by atoms with van der Waals surface area (Å²) in [5.41, 5.74) is 3.37. The molecule has 2 spiro atoms. The van der Waals surface area contributed by atoms with E-state index in [1.807, 2.05) is 0 Å². The average Bonchev–Trinajstić information content (AvgIpc) is 3.23. The fraction of sp³-hybridized carbons (Fsp3) is 1.00. The van der Waals surface area contributed by atoms with E-state index in [2.05, 4.69) is 48.5 Å². The van der Waals surface area contributed by atoms with Crippen LogP contribution in [0.5, 0.6) is 0 Å². The maximum atomic E-state index is 2.81. The molecule has 5 saturated carbocycles. The molecule has 0 N–H and O–H groups in total. The molecule has 5 aliphatic carbocycles. The molecule has 30 heavy (non-hydrogen) atoms. The van der Waals surface area contributed by atoms with Gasteiger partial charge in [0.2, 0.25) is 0 Å². The number of fused-ring (bicyclic) bond motifs is 2. The fourth-order valence-corrected chi connectivity index (χ4v) is 11.4. The van der Waals surface area contributed by atoms with E-state index in [0.717, 1.165) is 40.4 Å². The first-order valence-electron chi connectivity index (χ1n) is 14.0. The standard InChI is InChI=1S/C30H52/c1-21(2)10-8-11-22(3)23-14-17-28(7)25-13-12-24-26(4,5)15-9-16-29(24)20-30(25,29)19-18-27(23,28)6/h21-25H,8-20H2,1-7H3/t22-,23-,24?,25+,27-,28+,29-,30?/m1/s1. The molecule has 172 valence electrons. The highest BCUT2D eigenvalue weighted by atomic mass is 14.9. The Morgan fingerprint density at radius 3 is 2.13 bits per heavy atom. The normalized spacial score (nSPS) is 52.2. The lowest BCUT2D eigenvalue weighted by Crippen LogP contribution is -2.56. The zero-order valence-corrected chi connectivity index (χ0v) is 21.6. The first kappa shape index (κ1) is 21.8. The van der Waals surface area contributed by atoms with Gasteiger partial charge in [-0.15, -0.1) is 0 Å². The van der Waals surface area contributed by atoms with E-state index >= 15 is 0 Å². The molecule has 0 radical (unpaired) electrons. The molecule has 0 bridgehead atoms. The molecule has 5 rings (SSSR count). The zero-order chi connectivity index (χ0) is 21.6. The van der Waals surface area contributed by atoms with Crippen LogP contribution in [-0.4, -0.2) is 0 Å². The first-order chi connectivity index (χ1) is 14.0. The summed E-state index contributed by atoms with van der Waals surface area (Å²) < 4.78 is 0. The summed E-state index contributed by atoms with van der Waals surface area (Å²) in [6.07, 6.45) is 19.9. The van der Waals surface area contributed by atoms with Gasteiger partial charge < -0.3 is 0 Å². The van der Waals surface area contributed by atoms with Crippen LogP contribution in [0.1, 0.15) is 132 Å². The Morgan fingerprint density at radius 1 is 0.700 bits per heavy atom. The van der Waals surface area contributed by atoms with Crippen LogP contribution in [0.4, 0.5) is 0 Å². The minimum atomic E-state index is 0.609. The molecule has 0 saturated heterocycles. The molecule has 0 amide bonds. The summed E-state index contributed by atoms with van der Waals surface area (Å²) in [6, 6.07) is 0. The predicted octanol–water partition coefficient (Wildman–Crippen LogP) is 9.28. The fourth-order valence-electron chi connectivity index (χ4n) is 11.4. The quantitative estimate of drug-likeness (QED) is 0.422. The predicted molar refractivity (Wildman–Crippen MR) is 129 cm³/mol. The minimum Gasteiger partial charge on any atom is -0.0628 e. The van der Waals surface area contributed by atoms with Crippen LogP contribution in [0.2, 0.25) is 0 Å². The maximum Gasteiger partial charge on any atom is -0.0198 e. The second-order valence-electron chi connectivity index (χ2n) is 14.8. The lowest BCUT2D eigenvalue weighted by atomic mass is 9.42. The summed E-state index contributed by atoms with van der Waals surface area (Å²) in [6.45, 7) is 18.3. The molecule has 5 fully saturated rings. The van der Waals surface area contributed by atoms with Crippen LogP contribution < -0.4 is 0 Å². The molecule has 0 aromatic carbocycles. The van der Waals surface area contributed by atoms with Crippen molar-refractivity contribution in [1.29, 1.82) is 0 Å². The smallest absolute Gasteiger partial charge is 0.0198 e. The van der Waals surface area contributed by atoms with Crippen molar-refractivity contribution < 1.29 is 0 Å². The summed E-state index contributed by atoms with van der Waals surface area (Å²) in [5.74, 6) is 4.87. The van der Waals surface area contributed by atoms with E-state index in [1.165, 1.54) is 38.5 Å². The van der Waals surface area contributed by atoms with Gasteiger partial charge in [0.1, 0.15) is 0 Å². The van der Waals surface area contributed by atoms with Crippen molar-refractivity contribution in [3.63, 3.8) is 0 Å². The van der Waals surface area contributed by atoms with Crippen LogP contribution >= 0.6 is 0 Å². The van der Waals surface area contributed by atoms with Gasteiger partial charge in [-0.25, -0.2) is 0 Å². The van der Waals surface area contributed by atoms with Gasteiger partial charge in [0.15, 0.2) is 0 Å². The lowest BCUT2D eigenvalue weighted by molar-refractivity contribution is -0.142. The van der Waals surface area contributed by atoms with E-state index in [1.54, 1.807) is 44.9 Å². The molecular weight excluding hydrogens is 360 g/mol. The highest BCUT2D eigenvalue weighted by molar-refractivity contribution is 5.30. The van der Waals surface area contributed by atoms with Gasteiger partial charge in [-0.3, -0.25) is 0 Å². The highest BCUT2D eigenvalue weighted by Crippen LogP contribution is 2.89. The van der Waals surface area contributed by atoms with Gasteiger partial charge in [-0.05, 0) is 114 Å². The van der Waals surface area contributed by atoms with Crippen LogP contribution in [0.3, 0.4) is 0 Å². The van der Waals surface area contributed by atoms with Crippen molar-refractivity contribution in [2.24, 2.45) is 56.7 Å². The summed E-state index contributed by atoms with van der Waals surface area (Å²) in [5, 5.41) is 0. The number of rotatable bonds is 5. The van der Waals surface area contributed by atoms with Gasteiger partial charge in [0.05, 0.1) is 0 Å². The van der Waals surface area contributed by atoms with Crippen LogP contribution in [0.25, 0.3) is 0 Å². The van der Waals surface area contributed by atoms with Gasteiger partial charge in [0.25, 0.3) is 0 Å². The van der Waals surface area contributed by atoms with Crippen molar-refractivity contribution in [3.05, 3.63) is 0 Å². The van der Waals surface area contributed by atoms with Crippen LogP contribution in [0, 0.1) is 56.7 Å². The zero-order valence-electron chi connectivity index (χ0n) is 21.6. The van der Waals surface area contributed by atoms with Crippen LogP contribution in [0.15, 0.2) is 0 Å². The van der Waals surface area contributed by atoms with Crippen molar-refractivity contribution in [1.82, 2.24) is 0 Å². The Morgan fingerprint density at radius 2 is 1.40 bits per heavy atom. The Kier molecular flexibility index (Phi) is 4.92. The monoisotopic (exact) mass is 412 g/mol. The molecule has 0 aromatic heterocycles. The third kappa shape index (κ3) is 2.64. The SMILES string of the molecule is CC(C)CCC[C@@H](C)[C@H]1CC[C@@]2(C)[C@@H]3CCC4C(C)(C)CCC[C@@]45CC35CC[C@]12C. The van der Waals surface area contributed by atoms with Crippen LogP contribution in [-0.2, 0) is 0 Å². The Balaban J connectivity index is 1.39. The third-order valence-corrected chi connectivity index (χ3v) is 13.0. The van der Waals surface area contributed by atoms with Gasteiger partial charge in [0, 0.05) is 0 Å². The molecule has 0 heterocycles. The molecule has 8 atom stereocenters. The second-order valence-corrected chi connectivity index (χ2v) is 14.8. The second kappa shape index (κ2) is 6.76. The Labute approximate surface area is 188 Å². The minimum absolute atomic E-state index is 0.609. The number of hydrogen-bond donors (Lipinski definition) is 0. The van der Waals surface area contributed by atoms with E-state index in [-0.39, 0.29) is 0 Å².